The molecule has 0 unspecified atom stereocenters. The molecule has 0 bridgehead atoms. The highest BCUT2D eigenvalue weighted by atomic mass is 16.3. The molecule has 0 atom stereocenters. The second kappa shape index (κ2) is 8.10. The first-order valence-corrected chi connectivity index (χ1v) is 5.56. The second-order valence-electron chi connectivity index (χ2n) is 3.67. The summed E-state index contributed by atoms with van der Waals surface area (Å²) < 4.78 is 0. The van der Waals surface area contributed by atoms with Crippen molar-refractivity contribution in [2.45, 2.75) is 40.0 Å². The fourth-order valence-corrected chi connectivity index (χ4v) is 1.10. The molecule has 84 valence electrons. The van der Waals surface area contributed by atoms with Crippen molar-refractivity contribution in [2.24, 2.45) is 0 Å². The molecule has 0 heterocycles. The van der Waals surface area contributed by atoms with Crippen LogP contribution >= 0.6 is 0 Å². The lowest BCUT2D eigenvalue weighted by molar-refractivity contribution is 0.514. The third-order valence-corrected chi connectivity index (χ3v) is 2.09. The SMILES string of the molecule is C=C(O)c1ccc(C)cc1.CCCCC. The summed E-state index contributed by atoms with van der Waals surface area (Å²) in [5, 5.41) is 8.92. The number of benzene rings is 1. The van der Waals surface area contributed by atoms with Crippen LogP contribution in [0.3, 0.4) is 0 Å². The lowest BCUT2D eigenvalue weighted by atomic mass is 10.1. The Morgan fingerprint density at radius 1 is 1.13 bits per heavy atom. The molecule has 0 saturated heterocycles. The monoisotopic (exact) mass is 206 g/mol. The molecule has 1 heteroatoms. The van der Waals surface area contributed by atoms with Gasteiger partial charge < -0.3 is 5.11 Å². The molecule has 0 radical (unpaired) electrons. The predicted molar refractivity (Wildman–Crippen MR) is 68.0 cm³/mol. The van der Waals surface area contributed by atoms with Crippen LogP contribution in [0.2, 0.25) is 0 Å². The first kappa shape index (κ1) is 13.8. The second-order valence-corrected chi connectivity index (χ2v) is 3.67. The van der Waals surface area contributed by atoms with Crippen molar-refractivity contribution in [3.8, 4) is 0 Å². The smallest absolute Gasteiger partial charge is 0.115 e. The van der Waals surface area contributed by atoms with Crippen molar-refractivity contribution in [1.29, 1.82) is 0 Å². The fourth-order valence-electron chi connectivity index (χ4n) is 1.10. The van der Waals surface area contributed by atoms with E-state index in [0.717, 1.165) is 5.56 Å². The maximum absolute atomic E-state index is 8.92. The Morgan fingerprint density at radius 2 is 1.60 bits per heavy atom. The molecule has 1 aromatic rings. The molecule has 0 aliphatic heterocycles. The van der Waals surface area contributed by atoms with Gasteiger partial charge in [0.25, 0.3) is 0 Å². The van der Waals surface area contributed by atoms with Crippen LogP contribution in [0.4, 0.5) is 0 Å². The van der Waals surface area contributed by atoms with Gasteiger partial charge in [0, 0.05) is 5.56 Å². The van der Waals surface area contributed by atoms with E-state index in [0.29, 0.717) is 0 Å². The molecule has 0 aliphatic rings. The third-order valence-electron chi connectivity index (χ3n) is 2.09. The highest BCUT2D eigenvalue weighted by Crippen LogP contribution is 2.09. The van der Waals surface area contributed by atoms with Crippen molar-refractivity contribution >= 4 is 5.76 Å². The maximum Gasteiger partial charge on any atom is 0.115 e. The molecule has 0 fully saturated rings. The van der Waals surface area contributed by atoms with Gasteiger partial charge in [-0.1, -0.05) is 69.5 Å². The number of aliphatic hydroxyl groups excluding tert-OH is 1. The van der Waals surface area contributed by atoms with E-state index in [1.165, 1.54) is 24.8 Å². The van der Waals surface area contributed by atoms with Gasteiger partial charge in [0.05, 0.1) is 0 Å². The van der Waals surface area contributed by atoms with Crippen LogP contribution in [0.1, 0.15) is 44.2 Å². The minimum Gasteiger partial charge on any atom is -0.508 e. The van der Waals surface area contributed by atoms with E-state index < -0.39 is 0 Å². The van der Waals surface area contributed by atoms with Crippen LogP contribution in [0.25, 0.3) is 5.76 Å². The van der Waals surface area contributed by atoms with E-state index in [1.54, 1.807) is 0 Å². The number of hydrogen-bond donors (Lipinski definition) is 1. The molecule has 0 amide bonds. The Kier molecular flexibility index (Phi) is 7.43. The topological polar surface area (TPSA) is 20.2 Å². The minimum absolute atomic E-state index is 0.125. The van der Waals surface area contributed by atoms with Crippen molar-refractivity contribution in [2.75, 3.05) is 0 Å². The molecular formula is C14H22O. The average molecular weight is 206 g/mol. The number of aliphatic hydroxyl groups is 1. The van der Waals surface area contributed by atoms with Gasteiger partial charge in [-0.15, -0.1) is 0 Å². The molecular weight excluding hydrogens is 184 g/mol. The molecule has 0 aliphatic carbocycles. The molecule has 0 saturated carbocycles. The Hall–Kier alpha value is -1.24. The average Bonchev–Trinajstić information content (AvgIpc) is 2.20. The summed E-state index contributed by atoms with van der Waals surface area (Å²) in [6.45, 7) is 9.84. The van der Waals surface area contributed by atoms with Gasteiger partial charge in [-0.25, -0.2) is 0 Å². The molecule has 1 N–H and O–H groups in total. The van der Waals surface area contributed by atoms with Gasteiger partial charge in [0.2, 0.25) is 0 Å². The Balaban J connectivity index is 0.000000336. The zero-order chi connectivity index (χ0) is 11.7. The number of rotatable bonds is 3. The highest BCUT2D eigenvalue weighted by molar-refractivity contribution is 5.55. The predicted octanol–water partition coefficient (Wildman–Crippen LogP) is 4.72. The van der Waals surface area contributed by atoms with Gasteiger partial charge in [0.15, 0.2) is 0 Å². The largest absolute Gasteiger partial charge is 0.508 e. The minimum atomic E-state index is 0.125. The molecule has 1 aromatic carbocycles. The summed E-state index contributed by atoms with van der Waals surface area (Å²) >= 11 is 0. The van der Waals surface area contributed by atoms with E-state index in [9.17, 15) is 0 Å². The third kappa shape index (κ3) is 6.78. The number of unbranched alkanes of at least 4 members (excludes halogenated alkanes) is 2. The number of aryl methyl sites for hydroxylation is 1. The van der Waals surface area contributed by atoms with Gasteiger partial charge in [-0.05, 0) is 6.92 Å². The summed E-state index contributed by atoms with van der Waals surface area (Å²) in [6.07, 6.45) is 4.08. The van der Waals surface area contributed by atoms with Gasteiger partial charge >= 0.3 is 0 Å². The molecule has 15 heavy (non-hydrogen) atoms. The van der Waals surface area contributed by atoms with E-state index in [4.69, 9.17) is 5.11 Å². The first-order valence-electron chi connectivity index (χ1n) is 5.56. The molecule has 1 rings (SSSR count). The molecule has 0 aromatic heterocycles. The van der Waals surface area contributed by atoms with Crippen molar-refractivity contribution in [1.82, 2.24) is 0 Å². The summed E-state index contributed by atoms with van der Waals surface area (Å²) in [5.41, 5.74) is 1.97. The van der Waals surface area contributed by atoms with Crippen molar-refractivity contribution in [3.63, 3.8) is 0 Å². The zero-order valence-corrected chi connectivity index (χ0v) is 10.1. The van der Waals surface area contributed by atoms with E-state index in [1.807, 2.05) is 31.2 Å². The van der Waals surface area contributed by atoms with E-state index in [2.05, 4.69) is 20.4 Å². The molecule has 0 spiro atoms. The summed E-state index contributed by atoms with van der Waals surface area (Å²) in [7, 11) is 0. The standard InChI is InChI=1S/C9H10O.C5H12/c1-7-3-5-9(6-4-7)8(2)10;1-3-5-4-2/h3-6,10H,2H2,1H3;3-5H2,1-2H3. The lowest BCUT2D eigenvalue weighted by Gasteiger charge is -1.96. The van der Waals surface area contributed by atoms with Crippen LogP contribution in [0, 0.1) is 6.92 Å². The van der Waals surface area contributed by atoms with E-state index in [-0.39, 0.29) is 5.76 Å². The van der Waals surface area contributed by atoms with E-state index >= 15 is 0 Å². The fraction of sp³-hybridized carbons (Fsp3) is 0.429. The van der Waals surface area contributed by atoms with Gasteiger partial charge in [0.1, 0.15) is 5.76 Å². The summed E-state index contributed by atoms with van der Waals surface area (Å²) in [5.74, 6) is 0.125. The maximum atomic E-state index is 8.92. The Bertz CT molecular complexity index is 270. The summed E-state index contributed by atoms with van der Waals surface area (Å²) in [4.78, 5) is 0. The van der Waals surface area contributed by atoms with Crippen LogP contribution in [-0.2, 0) is 0 Å². The van der Waals surface area contributed by atoms with Crippen LogP contribution in [-0.4, -0.2) is 5.11 Å². The Labute approximate surface area is 93.5 Å². The van der Waals surface area contributed by atoms with Crippen LogP contribution in [0.15, 0.2) is 30.8 Å². The van der Waals surface area contributed by atoms with Gasteiger partial charge in [-0.3, -0.25) is 0 Å². The first-order chi connectivity index (χ1) is 7.11. The lowest BCUT2D eigenvalue weighted by Crippen LogP contribution is -1.79. The zero-order valence-electron chi connectivity index (χ0n) is 10.1. The quantitative estimate of drug-likeness (QED) is 0.709. The van der Waals surface area contributed by atoms with Crippen LogP contribution < -0.4 is 0 Å². The highest BCUT2D eigenvalue weighted by Gasteiger charge is 1.92. The van der Waals surface area contributed by atoms with Crippen molar-refractivity contribution in [3.05, 3.63) is 42.0 Å². The molecule has 1 nitrogen and oxygen atoms in total. The van der Waals surface area contributed by atoms with Crippen molar-refractivity contribution < 1.29 is 5.11 Å². The van der Waals surface area contributed by atoms with Crippen LogP contribution in [0.5, 0.6) is 0 Å². The number of hydrogen-bond acceptors (Lipinski definition) is 1. The van der Waals surface area contributed by atoms with Gasteiger partial charge in [-0.2, -0.15) is 0 Å². The summed E-state index contributed by atoms with van der Waals surface area (Å²) in [6, 6.07) is 7.57. The Morgan fingerprint density at radius 3 is 1.87 bits per heavy atom. The normalized spacial score (nSPS) is 9.00.